The fraction of sp³-hybridized carbons (Fsp3) is 0.562. The van der Waals surface area contributed by atoms with Crippen LogP contribution >= 0.6 is 0 Å². The van der Waals surface area contributed by atoms with Crippen LogP contribution in [0.25, 0.3) is 0 Å². The Morgan fingerprint density at radius 1 is 0.857 bits per heavy atom. The van der Waals surface area contributed by atoms with Gasteiger partial charge in [0.25, 0.3) is 0 Å². The van der Waals surface area contributed by atoms with Crippen molar-refractivity contribution in [1.29, 1.82) is 0 Å². The third kappa shape index (κ3) is 6.25. The quantitative estimate of drug-likeness (QED) is 0.708. The molecule has 1 amide bonds. The lowest BCUT2D eigenvalue weighted by molar-refractivity contribution is -0.130. The molecular weight excluding hydrogens is 264 g/mol. The van der Waals surface area contributed by atoms with Gasteiger partial charge >= 0.3 is 0 Å². The lowest BCUT2D eigenvalue weighted by Crippen LogP contribution is -2.44. The smallest absolute Gasteiger partial charge is 0.227 e. The van der Waals surface area contributed by atoms with Gasteiger partial charge in [-0.05, 0) is 5.56 Å². The van der Waals surface area contributed by atoms with Crippen molar-refractivity contribution in [2.75, 3.05) is 52.4 Å². The lowest BCUT2D eigenvalue weighted by Gasteiger charge is -2.24. The Morgan fingerprint density at radius 2 is 1.38 bits per heavy atom. The lowest BCUT2D eigenvalue weighted by atomic mass is 10.1. The molecule has 1 aromatic rings. The Labute approximate surface area is 127 Å². The first-order chi connectivity index (χ1) is 10.4. The van der Waals surface area contributed by atoms with E-state index < -0.39 is 0 Å². The van der Waals surface area contributed by atoms with Crippen LogP contribution in [0.4, 0.5) is 0 Å². The van der Waals surface area contributed by atoms with Crippen molar-refractivity contribution in [3.05, 3.63) is 35.9 Å². The van der Waals surface area contributed by atoms with Crippen molar-refractivity contribution in [1.82, 2.24) is 20.9 Å². The Kier molecular flexibility index (Phi) is 7.21. The number of hydrogen-bond donors (Lipinski definition) is 3. The monoisotopic (exact) mass is 290 g/mol. The van der Waals surface area contributed by atoms with Crippen molar-refractivity contribution in [2.45, 2.75) is 6.42 Å². The maximum atomic E-state index is 12.4. The van der Waals surface area contributed by atoms with Crippen molar-refractivity contribution in [3.63, 3.8) is 0 Å². The van der Waals surface area contributed by atoms with Crippen LogP contribution in [0.1, 0.15) is 5.56 Å². The number of amides is 1. The molecule has 21 heavy (non-hydrogen) atoms. The van der Waals surface area contributed by atoms with Gasteiger partial charge in [-0.2, -0.15) is 0 Å². The summed E-state index contributed by atoms with van der Waals surface area (Å²) in [5, 5.41) is 10.1. The molecule has 1 heterocycles. The van der Waals surface area contributed by atoms with E-state index >= 15 is 0 Å². The normalized spacial score (nSPS) is 18.6. The number of hydrogen-bond acceptors (Lipinski definition) is 4. The molecule has 5 nitrogen and oxygen atoms in total. The van der Waals surface area contributed by atoms with Crippen molar-refractivity contribution in [3.8, 4) is 0 Å². The first kappa shape index (κ1) is 15.9. The van der Waals surface area contributed by atoms with E-state index in [-0.39, 0.29) is 5.91 Å². The summed E-state index contributed by atoms with van der Waals surface area (Å²) in [5.74, 6) is 0.208. The number of nitrogens with zero attached hydrogens (tertiary/aromatic N) is 1. The number of carbonyl (C=O) groups excluding carboxylic acids is 1. The van der Waals surface area contributed by atoms with Gasteiger partial charge in [0, 0.05) is 52.4 Å². The number of benzene rings is 1. The van der Waals surface area contributed by atoms with Crippen LogP contribution in [-0.4, -0.2) is 63.2 Å². The van der Waals surface area contributed by atoms with Gasteiger partial charge in [-0.3, -0.25) is 4.79 Å². The van der Waals surface area contributed by atoms with Crippen LogP contribution in [0.2, 0.25) is 0 Å². The summed E-state index contributed by atoms with van der Waals surface area (Å²) in [6, 6.07) is 9.96. The molecule has 0 aliphatic carbocycles. The molecule has 116 valence electrons. The Bertz CT molecular complexity index is 398. The summed E-state index contributed by atoms with van der Waals surface area (Å²) >= 11 is 0. The van der Waals surface area contributed by atoms with Gasteiger partial charge in [-0.15, -0.1) is 0 Å². The first-order valence-electron chi connectivity index (χ1n) is 7.80. The second-order valence-electron chi connectivity index (χ2n) is 5.29. The van der Waals surface area contributed by atoms with Crippen molar-refractivity contribution >= 4 is 5.91 Å². The van der Waals surface area contributed by atoms with Crippen LogP contribution in [0.15, 0.2) is 30.3 Å². The second kappa shape index (κ2) is 9.50. The molecule has 0 unspecified atom stereocenters. The number of nitrogens with one attached hydrogen (secondary N) is 3. The molecule has 1 aliphatic rings. The summed E-state index contributed by atoms with van der Waals surface area (Å²) in [5.41, 5.74) is 1.08. The van der Waals surface area contributed by atoms with Gasteiger partial charge < -0.3 is 20.9 Å². The topological polar surface area (TPSA) is 56.4 Å². The van der Waals surface area contributed by atoms with Gasteiger partial charge in [0.05, 0.1) is 6.42 Å². The van der Waals surface area contributed by atoms with E-state index in [1.54, 1.807) is 0 Å². The summed E-state index contributed by atoms with van der Waals surface area (Å²) < 4.78 is 0. The molecule has 1 fully saturated rings. The Hall–Kier alpha value is -1.43. The van der Waals surface area contributed by atoms with E-state index in [0.29, 0.717) is 6.42 Å². The maximum absolute atomic E-state index is 12.4. The van der Waals surface area contributed by atoms with Crippen LogP contribution < -0.4 is 16.0 Å². The van der Waals surface area contributed by atoms with Crippen LogP contribution in [-0.2, 0) is 11.2 Å². The minimum Gasteiger partial charge on any atom is -0.340 e. The molecule has 1 aromatic carbocycles. The summed E-state index contributed by atoms with van der Waals surface area (Å²) in [6.45, 7) is 7.08. The largest absolute Gasteiger partial charge is 0.340 e. The second-order valence-corrected chi connectivity index (χ2v) is 5.29. The Morgan fingerprint density at radius 3 is 1.95 bits per heavy atom. The molecule has 1 aliphatic heterocycles. The molecule has 5 heteroatoms. The minimum absolute atomic E-state index is 0.208. The maximum Gasteiger partial charge on any atom is 0.227 e. The van der Waals surface area contributed by atoms with E-state index in [1.165, 1.54) is 0 Å². The van der Waals surface area contributed by atoms with E-state index in [1.807, 2.05) is 35.2 Å². The van der Waals surface area contributed by atoms with Gasteiger partial charge in [0.1, 0.15) is 0 Å². The zero-order valence-electron chi connectivity index (χ0n) is 12.6. The van der Waals surface area contributed by atoms with Crippen LogP contribution in [0.3, 0.4) is 0 Å². The van der Waals surface area contributed by atoms with Gasteiger partial charge in [-0.1, -0.05) is 30.3 Å². The Balaban J connectivity index is 1.85. The fourth-order valence-corrected chi connectivity index (χ4v) is 2.40. The minimum atomic E-state index is 0.208. The van der Waals surface area contributed by atoms with Crippen LogP contribution in [0.5, 0.6) is 0 Å². The highest BCUT2D eigenvalue weighted by Gasteiger charge is 2.13. The third-order valence-corrected chi connectivity index (χ3v) is 3.62. The third-order valence-electron chi connectivity index (χ3n) is 3.62. The van der Waals surface area contributed by atoms with Gasteiger partial charge in [-0.25, -0.2) is 0 Å². The number of rotatable bonds is 2. The molecule has 0 spiro atoms. The van der Waals surface area contributed by atoms with Gasteiger partial charge in [0.2, 0.25) is 5.91 Å². The average Bonchev–Trinajstić information content (AvgIpc) is 2.49. The highest BCUT2D eigenvalue weighted by atomic mass is 16.2. The highest BCUT2D eigenvalue weighted by molar-refractivity contribution is 5.78. The standard InChI is InChI=1S/C16H26N4O/c21-16(14-15-4-2-1-3-5-15)20-12-10-18-8-6-17-7-9-19-11-13-20/h1-5,17-19H,6-14H2. The molecule has 3 N–H and O–H groups in total. The SMILES string of the molecule is O=C(Cc1ccccc1)N1CCNCCNCCNCC1. The predicted molar refractivity (Wildman–Crippen MR) is 85.3 cm³/mol. The van der Waals surface area contributed by atoms with Crippen molar-refractivity contribution in [2.24, 2.45) is 0 Å². The zero-order chi connectivity index (χ0) is 14.8. The van der Waals surface area contributed by atoms with Crippen LogP contribution in [0, 0.1) is 0 Å². The molecule has 0 bridgehead atoms. The first-order valence-corrected chi connectivity index (χ1v) is 7.80. The molecule has 0 saturated carbocycles. The van der Waals surface area contributed by atoms with Gasteiger partial charge in [0.15, 0.2) is 0 Å². The van der Waals surface area contributed by atoms with E-state index in [9.17, 15) is 4.79 Å². The molecule has 0 aromatic heterocycles. The average molecular weight is 290 g/mol. The molecule has 2 rings (SSSR count). The van der Waals surface area contributed by atoms with Crippen molar-refractivity contribution < 1.29 is 4.79 Å². The van der Waals surface area contributed by atoms with E-state index in [0.717, 1.165) is 57.9 Å². The highest BCUT2D eigenvalue weighted by Crippen LogP contribution is 2.02. The summed E-state index contributed by atoms with van der Waals surface area (Å²) in [6.07, 6.45) is 0.488. The molecular formula is C16H26N4O. The molecule has 0 atom stereocenters. The zero-order valence-corrected chi connectivity index (χ0v) is 12.6. The number of carbonyl (C=O) groups is 1. The summed E-state index contributed by atoms with van der Waals surface area (Å²) in [7, 11) is 0. The predicted octanol–water partition coefficient (Wildman–Crippen LogP) is -0.160. The van der Waals surface area contributed by atoms with E-state index in [4.69, 9.17) is 0 Å². The summed E-state index contributed by atoms with van der Waals surface area (Å²) in [4.78, 5) is 14.4. The fourth-order valence-electron chi connectivity index (χ4n) is 2.40. The van der Waals surface area contributed by atoms with E-state index in [2.05, 4.69) is 16.0 Å². The molecule has 0 radical (unpaired) electrons. The molecule has 1 saturated heterocycles.